The smallest absolute Gasteiger partial charge is 0.222 e. The Balaban J connectivity index is 1.63. The molecule has 1 amide bonds. The van der Waals surface area contributed by atoms with Crippen LogP contribution in [0.1, 0.15) is 32.1 Å². The summed E-state index contributed by atoms with van der Waals surface area (Å²) < 4.78 is 0. The molecule has 0 aromatic rings. The molecule has 17 heavy (non-hydrogen) atoms. The van der Waals surface area contributed by atoms with E-state index < -0.39 is 0 Å². The Kier molecular flexibility index (Phi) is 4.80. The third kappa shape index (κ3) is 3.68. The van der Waals surface area contributed by atoms with Crippen LogP contribution in [-0.2, 0) is 4.79 Å². The van der Waals surface area contributed by atoms with Crippen molar-refractivity contribution in [3.63, 3.8) is 0 Å². The zero-order chi connectivity index (χ0) is 12.1. The summed E-state index contributed by atoms with van der Waals surface area (Å²) in [6.45, 7) is 4.46. The average Bonchev–Trinajstić information content (AvgIpc) is 2.28. The highest BCUT2D eigenvalue weighted by atomic mass is 16.3. The molecule has 0 atom stereocenters. The molecule has 2 fully saturated rings. The van der Waals surface area contributed by atoms with Gasteiger partial charge in [0.2, 0.25) is 5.91 Å². The van der Waals surface area contributed by atoms with Crippen LogP contribution in [0.3, 0.4) is 0 Å². The average molecular weight is 240 g/mol. The summed E-state index contributed by atoms with van der Waals surface area (Å²) in [6.07, 6.45) is 5.86. The van der Waals surface area contributed by atoms with E-state index in [1.165, 1.54) is 19.3 Å². The number of carbonyl (C=O) groups is 1. The summed E-state index contributed by atoms with van der Waals surface area (Å²) in [7, 11) is 0. The van der Waals surface area contributed by atoms with Crippen LogP contribution < -0.4 is 0 Å². The number of piperazine rings is 1. The fourth-order valence-electron chi connectivity index (χ4n) is 2.63. The lowest BCUT2D eigenvalue weighted by molar-refractivity contribution is -0.133. The number of rotatable bonds is 5. The summed E-state index contributed by atoms with van der Waals surface area (Å²) in [4.78, 5) is 16.2. The summed E-state index contributed by atoms with van der Waals surface area (Å²) in [5.41, 5.74) is 0. The van der Waals surface area contributed by atoms with Crippen molar-refractivity contribution < 1.29 is 9.90 Å². The molecule has 0 radical (unpaired) electrons. The van der Waals surface area contributed by atoms with Crippen LogP contribution in [-0.4, -0.2) is 60.1 Å². The molecule has 1 saturated heterocycles. The SMILES string of the molecule is O=C(CCC1CCC1)N1CCN(CCO)CC1. The Bertz CT molecular complexity index is 246. The molecular formula is C13H24N2O2. The van der Waals surface area contributed by atoms with E-state index in [0.717, 1.165) is 51.5 Å². The standard InChI is InChI=1S/C13H24N2O2/c16-11-10-14-6-8-15(9-7-14)13(17)5-4-12-2-1-3-12/h12,16H,1-11H2. The molecular weight excluding hydrogens is 216 g/mol. The normalized spacial score (nSPS) is 22.5. The number of carbonyl (C=O) groups excluding carboxylic acids is 1. The molecule has 1 heterocycles. The predicted octanol–water partition coefficient (Wildman–Crippen LogP) is 0.703. The zero-order valence-corrected chi connectivity index (χ0v) is 10.6. The van der Waals surface area contributed by atoms with Crippen LogP contribution in [0.25, 0.3) is 0 Å². The largest absolute Gasteiger partial charge is 0.395 e. The highest BCUT2D eigenvalue weighted by Gasteiger charge is 2.23. The molecule has 0 spiro atoms. The minimum absolute atomic E-state index is 0.218. The van der Waals surface area contributed by atoms with Gasteiger partial charge in [-0.05, 0) is 12.3 Å². The van der Waals surface area contributed by atoms with Gasteiger partial charge in [-0.2, -0.15) is 0 Å². The number of amides is 1. The Hall–Kier alpha value is -0.610. The summed E-state index contributed by atoms with van der Waals surface area (Å²) >= 11 is 0. The molecule has 0 aromatic carbocycles. The van der Waals surface area contributed by atoms with Gasteiger partial charge in [0.15, 0.2) is 0 Å². The Morgan fingerprint density at radius 3 is 2.41 bits per heavy atom. The molecule has 0 unspecified atom stereocenters. The van der Waals surface area contributed by atoms with Gasteiger partial charge in [-0.3, -0.25) is 9.69 Å². The van der Waals surface area contributed by atoms with E-state index in [9.17, 15) is 4.79 Å². The molecule has 0 bridgehead atoms. The topological polar surface area (TPSA) is 43.8 Å². The van der Waals surface area contributed by atoms with E-state index in [1.807, 2.05) is 4.90 Å². The van der Waals surface area contributed by atoms with Crippen molar-refractivity contribution in [1.29, 1.82) is 0 Å². The molecule has 1 aliphatic heterocycles. The minimum Gasteiger partial charge on any atom is -0.395 e. The van der Waals surface area contributed by atoms with Gasteiger partial charge in [0.05, 0.1) is 6.61 Å². The van der Waals surface area contributed by atoms with Crippen LogP contribution in [0.5, 0.6) is 0 Å². The van der Waals surface area contributed by atoms with Gasteiger partial charge >= 0.3 is 0 Å². The van der Waals surface area contributed by atoms with Crippen molar-refractivity contribution >= 4 is 5.91 Å². The van der Waals surface area contributed by atoms with Crippen molar-refractivity contribution in [2.24, 2.45) is 5.92 Å². The van der Waals surface area contributed by atoms with Crippen molar-refractivity contribution in [1.82, 2.24) is 9.80 Å². The van der Waals surface area contributed by atoms with Crippen LogP contribution in [0.4, 0.5) is 0 Å². The second-order valence-corrected chi connectivity index (χ2v) is 5.28. The number of aliphatic hydroxyl groups is 1. The van der Waals surface area contributed by atoms with Crippen molar-refractivity contribution in [3.05, 3.63) is 0 Å². The number of hydrogen-bond acceptors (Lipinski definition) is 3. The third-order valence-electron chi connectivity index (χ3n) is 4.13. The fraction of sp³-hybridized carbons (Fsp3) is 0.923. The van der Waals surface area contributed by atoms with Crippen LogP contribution >= 0.6 is 0 Å². The summed E-state index contributed by atoms with van der Waals surface area (Å²) in [5.74, 6) is 1.16. The van der Waals surface area contributed by atoms with Crippen LogP contribution in [0, 0.1) is 5.92 Å². The van der Waals surface area contributed by atoms with Crippen molar-refractivity contribution in [3.8, 4) is 0 Å². The van der Waals surface area contributed by atoms with E-state index in [4.69, 9.17) is 5.11 Å². The predicted molar refractivity (Wildman–Crippen MR) is 66.7 cm³/mol. The maximum Gasteiger partial charge on any atom is 0.222 e. The van der Waals surface area contributed by atoms with E-state index in [1.54, 1.807) is 0 Å². The molecule has 2 aliphatic rings. The molecule has 0 aromatic heterocycles. The monoisotopic (exact) mass is 240 g/mol. The number of aliphatic hydroxyl groups excluding tert-OH is 1. The Morgan fingerprint density at radius 2 is 1.88 bits per heavy atom. The molecule has 1 aliphatic carbocycles. The minimum atomic E-state index is 0.218. The Morgan fingerprint density at radius 1 is 1.18 bits per heavy atom. The fourth-order valence-corrected chi connectivity index (χ4v) is 2.63. The van der Waals surface area contributed by atoms with E-state index in [-0.39, 0.29) is 6.61 Å². The zero-order valence-electron chi connectivity index (χ0n) is 10.6. The van der Waals surface area contributed by atoms with Crippen LogP contribution in [0.15, 0.2) is 0 Å². The van der Waals surface area contributed by atoms with Crippen molar-refractivity contribution in [2.75, 3.05) is 39.3 Å². The van der Waals surface area contributed by atoms with E-state index >= 15 is 0 Å². The maximum absolute atomic E-state index is 12.0. The maximum atomic E-state index is 12.0. The third-order valence-corrected chi connectivity index (χ3v) is 4.13. The van der Waals surface area contributed by atoms with Gasteiger partial charge in [0.25, 0.3) is 0 Å². The first kappa shape index (κ1) is 12.8. The number of β-amino-alcohol motifs (C(OH)–C–C–N with tert-alkyl or cyclic N) is 1. The first-order valence-corrected chi connectivity index (χ1v) is 6.90. The summed E-state index contributed by atoms with van der Waals surface area (Å²) in [5, 5.41) is 8.85. The van der Waals surface area contributed by atoms with Gasteiger partial charge in [-0.25, -0.2) is 0 Å². The van der Waals surface area contributed by atoms with Gasteiger partial charge in [-0.15, -0.1) is 0 Å². The molecule has 1 N–H and O–H groups in total. The number of nitrogens with zero attached hydrogens (tertiary/aromatic N) is 2. The van der Waals surface area contributed by atoms with Gasteiger partial charge < -0.3 is 10.0 Å². The second kappa shape index (κ2) is 6.36. The van der Waals surface area contributed by atoms with Crippen LogP contribution in [0.2, 0.25) is 0 Å². The number of hydrogen-bond donors (Lipinski definition) is 1. The molecule has 1 saturated carbocycles. The van der Waals surface area contributed by atoms with Gasteiger partial charge in [0.1, 0.15) is 0 Å². The lowest BCUT2D eigenvalue weighted by atomic mass is 9.82. The molecule has 4 nitrogen and oxygen atoms in total. The van der Waals surface area contributed by atoms with Gasteiger partial charge in [0, 0.05) is 39.1 Å². The molecule has 4 heteroatoms. The highest BCUT2D eigenvalue weighted by molar-refractivity contribution is 5.76. The lowest BCUT2D eigenvalue weighted by Crippen LogP contribution is -2.49. The summed E-state index contributed by atoms with van der Waals surface area (Å²) in [6, 6.07) is 0. The highest BCUT2D eigenvalue weighted by Crippen LogP contribution is 2.30. The first-order valence-electron chi connectivity index (χ1n) is 6.90. The van der Waals surface area contributed by atoms with Crippen molar-refractivity contribution in [2.45, 2.75) is 32.1 Å². The second-order valence-electron chi connectivity index (χ2n) is 5.28. The molecule has 98 valence electrons. The quantitative estimate of drug-likeness (QED) is 0.769. The van der Waals surface area contributed by atoms with E-state index in [2.05, 4.69) is 4.90 Å². The van der Waals surface area contributed by atoms with Gasteiger partial charge in [-0.1, -0.05) is 19.3 Å². The molecule has 2 rings (SSSR count). The first-order chi connectivity index (χ1) is 8.29. The lowest BCUT2D eigenvalue weighted by Gasteiger charge is -2.35. The van der Waals surface area contributed by atoms with E-state index in [0.29, 0.717) is 5.91 Å². The Labute approximate surface area is 104 Å².